The van der Waals surface area contributed by atoms with Crippen molar-refractivity contribution in [2.75, 3.05) is 6.61 Å². The van der Waals surface area contributed by atoms with Crippen LogP contribution in [-0.4, -0.2) is 45.6 Å². The molecule has 3 nitrogen and oxygen atoms in total. The van der Waals surface area contributed by atoms with Crippen molar-refractivity contribution in [1.82, 2.24) is 4.90 Å². The first-order chi connectivity index (χ1) is 11.6. The lowest BCUT2D eigenvalue weighted by Crippen LogP contribution is -2.49. The molecular weight excluding hydrogens is 325 g/mol. The third-order valence-corrected chi connectivity index (χ3v) is 13.0. The fraction of sp³-hybridized carbons (Fsp3) is 0.850. The van der Waals surface area contributed by atoms with E-state index in [2.05, 4.69) is 50.9 Å². The van der Waals surface area contributed by atoms with Crippen molar-refractivity contribution in [1.29, 1.82) is 0 Å². The predicted molar refractivity (Wildman–Crippen MR) is 107 cm³/mol. The van der Waals surface area contributed by atoms with Crippen LogP contribution in [0.4, 0.5) is 4.79 Å². The second-order valence-electron chi connectivity index (χ2n) is 10.5. The van der Waals surface area contributed by atoms with Crippen LogP contribution in [0.2, 0.25) is 18.1 Å². The Labute approximate surface area is 155 Å². The molecule has 4 rings (SSSR count). The second-order valence-corrected chi connectivity index (χ2v) is 15.3. The first-order valence-corrected chi connectivity index (χ1v) is 13.1. The largest absolute Gasteiger partial charge is 0.415 e. The van der Waals surface area contributed by atoms with Crippen LogP contribution < -0.4 is 0 Å². The third kappa shape index (κ3) is 2.30. The number of nitrogens with zero attached hydrogens (tertiary/aromatic N) is 1. The van der Waals surface area contributed by atoms with E-state index >= 15 is 0 Å². The smallest absolute Gasteiger partial charge is 0.215 e. The van der Waals surface area contributed by atoms with Gasteiger partial charge in [0.15, 0.2) is 14.1 Å². The Morgan fingerprint density at radius 2 is 2.08 bits per heavy atom. The van der Waals surface area contributed by atoms with Crippen molar-refractivity contribution < 1.29 is 9.22 Å². The summed E-state index contributed by atoms with van der Waals surface area (Å²) < 4.78 is 6.66. The molecule has 0 aromatic carbocycles. The molecule has 0 N–H and O–H groups in total. The molecule has 3 aliphatic carbocycles. The van der Waals surface area contributed by atoms with Gasteiger partial charge in [-0.2, -0.15) is 0 Å². The highest BCUT2D eigenvalue weighted by atomic mass is 28.4. The number of rotatable bonds is 3. The van der Waals surface area contributed by atoms with Crippen LogP contribution in [0, 0.1) is 23.2 Å². The Bertz CT molecular complexity index is 613. The zero-order valence-electron chi connectivity index (χ0n) is 16.8. The number of allylic oxidation sites excluding steroid dienone is 2. The zero-order chi connectivity index (χ0) is 18.2. The van der Waals surface area contributed by atoms with Crippen LogP contribution in [0.1, 0.15) is 46.5 Å². The molecule has 3 fully saturated rings. The highest BCUT2D eigenvalue weighted by Gasteiger charge is 2.70. The Balaban J connectivity index is 1.64. The quantitative estimate of drug-likeness (QED) is 0.567. The Kier molecular flexibility index (Phi) is 3.91. The molecule has 2 bridgehead atoms. The maximum Gasteiger partial charge on any atom is 0.215 e. The number of carbonyl (C=O) groups is 1. The molecule has 4 aliphatic rings. The molecule has 138 valence electrons. The highest BCUT2D eigenvalue weighted by Crippen LogP contribution is 2.69. The van der Waals surface area contributed by atoms with E-state index in [4.69, 9.17) is 4.43 Å². The zero-order valence-corrected chi connectivity index (χ0v) is 17.8. The molecule has 1 heterocycles. The standard InChI is InChI=1S/C20H34BNO2Si/c1-19(2,3)25(4,5)24-12-15-17-13-8-9-14(11-13)20(17)10-6-7-16(20)22(15)18(21)23/h8-9,13-17H,6-7,10-12,21H2,1-5H3/t13?,14?,15-,16?,17?,20?/m1/s1. The van der Waals surface area contributed by atoms with Crippen molar-refractivity contribution >= 4 is 22.0 Å². The fourth-order valence-electron chi connectivity index (χ4n) is 6.49. The first-order valence-electron chi connectivity index (χ1n) is 10.2. The van der Waals surface area contributed by atoms with Crippen LogP contribution in [0.25, 0.3) is 0 Å². The Morgan fingerprint density at radius 1 is 1.36 bits per heavy atom. The lowest BCUT2D eigenvalue weighted by molar-refractivity contribution is 0.131. The van der Waals surface area contributed by atoms with E-state index in [1.807, 2.05) is 0 Å². The molecule has 1 aliphatic heterocycles. The van der Waals surface area contributed by atoms with Gasteiger partial charge >= 0.3 is 0 Å². The van der Waals surface area contributed by atoms with Crippen molar-refractivity contribution in [3.05, 3.63) is 12.2 Å². The van der Waals surface area contributed by atoms with Crippen LogP contribution in [0.15, 0.2) is 12.2 Å². The number of likely N-dealkylation sites (tertiary alicyclic amines) is 1. The topological polar surface area (TPSA) is 29.5 Å². The molecule has 1 amide bonds. The van der Waals surface area contributed by atoms with E-state index < -0.39 is 8.32 Å². The Morgan fingerprint density at radius 3 is 2.72 bits per heavy atom. The van der Waals surface area contributed by atoms with Crippen molar-refractivity contribution in [3.63, 3.8) is 0 Å². The minimum atomic E-state index is -1.80. The van der Waals surface area contributed by atoms with Crippen LogP contribution >= 0.6 is 0 Å². The predicted octanol–water partition coefficient (Wildman–Crippen LogP) is 3.81. The summed E-state index contributed by atoms with van der Waals surface area (Å²) in [5.74, 6) is 2.27. The average Bonchev–Trinajstić information content (AvgIpc) is 3.20. The van der Waals surface area contributed by atoms with E-state index in [-0.39, 0.29) is 16.9 Å². The molecule has 1 spiro atoms. The van der Waals surface area contributed by atoms with Gasteiger partial charge in [0.2, 0.25) is 7.85 Å². The van der Waals surface area contributed by atoms with Gasteiger partial charge in [0.05, 0.1) is 12.6 Å². The van der Waals surface area contributed by atoms with Gasteiger partial charge < -0.3 is 9.33 Å². The Hall–Kier alpha value is -0.548. The van der Waals surface area contributed by atoms with Gasteiger partial charge in [0.1, 0.15) is 0 Å². The minimum Gasteiger partial charge on any atom is -0.415 e. The van der Waals surface area contributed by atoms with E-state index in [1.54, 1.807) is 7.85 Å². The summed E-state index contributed by atoms with van der Waals surface area (Å²) >= 11 is 0. The van der Waals surface area contributed by atoms with Crippen molar-refractivity contribution in [2.24, 2.45) is 23.2 Å². The molecule has 0 radical (unpaired) electrons. The van der Waals surface area contributed by atoms with Gasteiger partial charge in [-0.25, -0.2) is 0 Å². The molecule has 25 heavy (non-hydrogen) atoms. The number of hydrogen-bond donors (Lipinski definition) is 0. The fourth-order valence-corrected chi connectivity index (χ4v) is 7.51. The monoisotopic (exact) mass is 359 g/mol. The van der Waals surface area contributed by atoms with E-state index in [0.717, 1.165) is 6.61 Å². The molecule has 6 atom stereocenters. The summed E-state index contributed by atoms with van der Waals surface area (Å²) in [4.78, 5) is 14.9. The highest BCUT2D eigenvalue weighted by molar-refractivity contribution is 6.74. The van der Waals surface area contributed by atoms with E-state index in [9.17, 15) is 4.79 Å². The van der Waals surface area contributed by atoms with Gasteiger partial charge in [-0.3, -0.25) is 4.79 Å². The lowest BCUT2D eigenvalue weighted by atomic mass is 9.66. The molecule has 0 aromatic heterocycles. The number of carbonyl (C=O) groups excluding carboxylic acids is 1. The van der Waals surface area contributed by atoms with Gasteiger partial charge in [0.25, 0.3) is 0 Å². The lowest BCUT2D eigenvalue weighted by Gasteiger charge is -2.40. The van der Waals surface area contributed by atoms with Gasteiger partial charge in [-0.1, -0.05) is 39.3 Å². The third-order valence-electron chi connectivity index (χ3n) is 8.49. The van der Waals surface area contributed by atoms with Gasteiger partial charge in [0, 0.05) is 11.5 Å². The summed E-state index contributed by atoms with van der Waals surface area (Å²) in [6.07, 6.45) is 10.1. The van der Waals surface area contributed by atoms with Crippen molar-refractivity contribution in [3.8, 4) is 0 Å². The molecule has 2 saturated carbocycles. The number of hydrogen-bond acceptors (Lipinski definition) is 2. The summed E-state index contributed by atoms with van der Waals surface area (Å²) in [7, 11) is -0.0168. The summed E-state index contributed by atoms with van der Waals surface area (Å²) in [6.45, 7) is 12.3. The van der Waals surface area contributed by atoms with Gasteiger partial charge in [-0.15, -0.1) is 0 Å². The normalized spacial score (nSPS) is 42.1. The van der Waals surface area contributed by atoms with Crippen molar-refractivity contribution in [2.45, 2.75) is 76.7 Å². The second kappa shape index (κ2) is 5.48. The SMILES string of the molecule is BC(=O)N1C2CCCC23C2C=CC(C2)C3[C@H]1CO[Si](C)(C)C(C)(C)C. The number of amides is 1. The minimum absolute atomic E-state index is 0.217. The molecular formula is C20H34BNO2Si. The summed E-state index contributed by atoms with van der Waals surface area (Å²) in [5, 5.41) is 0.217. The van der Waals surface area contributed by atoms with E-state index in [0.29, 0.717) is 29.2 Å². The van der Waals surface area contributed by atoms with Crippen LogP contribution in [0.5, 0.6) is 0 Å². The molecule has 0 aromatic rings. The molecule has 5 heteroatoms. The summed E-state index contributed by atoms with van der Waals surface area (Å²) in [6, 6.07) is 0.750. The maximum atomic E-state index is 12.6. The average molecular weight is 359 g/mol. The van der Waals surface area contributed by atoms with Crippen LogP contribution in [-0.2, 0) is 4.43 Å². The van der Waals surface area contributed by atoms with Crippen LogP contribution in [0.3, 0.4) is 0 Å². The first kappa shape index (κ1) is 17.8. The summed E-state index contributed by atoms with van der Waals surface area (Å²) in [5.41, 5.74) is 0.368. The van der Waals surface area contributed by atoms with Gasteiger partial charge in [-0.05, 0) is 55.1 Å². The maximum absolute atomic E-state index is 12.6. The molecule has 1 saturated heterocycles. The van der Waals surface area contributed by atoms with E-state index in [1.165, 1.54) is 25.7 Å². The molecule has 5 unspecified atom stereocenters. The number of fused-ring (bicyclic) bond motifs is 3.